The zero-order valence-electron chi connectivity index (χ0n) is 16.1. The lowest BCUT2D eigenvalue weighted by molar-refractivity contribution is -0.129. The second kappa shape index (κ2) is 7.99. The van der Waals surface area contributed by atoms with E-state index in [2.05, 4.69) is 52.8 Å². The minimum Gasteiger partial charge on any atom is -0.323 e. The van der Waals surface area contributed by atoms with E-state index in [9.17, 15) is 4.79 Å². The van der Waals surface area contributed by atoms with Crippen LogP contribution < -0.4 is 16.0 Å². The molecule has 1 fully saturated rings. The van der Waals surface area contributed by atoms with Gasteiger partial charge < -0.3 is 10.6 Å². The number of carbonyl (C=O) groups is 1. The summed E-state index contributed by atoms with van der Waals surface area (Å²) in [4.78, 5) is 21.6. The van der Waals surface area contributed by atoms with E-state index in [1.165, 1.54) is 18.4 Å². The van der Waals surface area contributed by atoms with Crippen molar-refractivity contribution in [3.05, 3.63) is 29.5 Å². The second-order valence-corrected chi connectivity index (χ2v) is 7.30. The number of hydrogen-bond acceptors (Lipinski definition) is 5. The first-order valence-corrected chi connectivity index (χ1v) is 9.56. The number of unbranched alkanes of at least 4 members (excludes halogenated alkanes) is 2. The van der Waals surface area contributed by atoms with E-state index in [1.54, 1.807) is 0 Å². The quantitative estimate of drug-likeness (QED) is 0.693. The predicted octanol–water partition coefficient (Wildman–Crippen LogP) is 3.25. The monoisotopic (exact) mass is 355 g/mol. The Morgan fingerprint density at radius 3 is 2.73 bits per heavy atom. The van der Waals surface area contributed by atoms with Crippen LogP contribution in [-0.2, 0) is 4.79 Å². The largest absolute Gasteiger partial charge is 0.323 e. The molecule has 2 aromatic rings. The molecule has 2 heterocycles. The lowest BCUT2D eigenvalue weighted by Gasteiger charge is -2.36. The van der Waals surface area contributed by atoms with Gasteiger partial charge in [-0.3, -0.25) is 10.1 Å². The Kier molecular flexibility index (Phi) is 5.71. The Hall–Kier alpha value is -2.21. The van der Waals surface area contributed by atoms with Crippen LogP contribution in [-0.4, -0.2) is 28.2 Å². The van der Waals surface area contributed by atoms with Gasteiger partial charge in [-0.2, -0.15) is 0 Å². The molecule has 0 radical (unpaired) electrons. The second-order valence-electron chi connectivity index (χ2n) is 7.30. The van der Waals surface area contributed by atoms with Crippen LogP contribution in [0.2, 0.25) is 0 Å². The normalized spacial score (nSPS) is 23.1. The summed E-state index contributed by atoms with van der Waals surface area (Å²) in [6.07, 6.45) is 3.99. The number of carbonyl (C=O) groups excluding carboxylic acids is 1. The van der Waals surface area contributed by atoms with Crippen LogP contribution in [0.5, 0.6) is 0 Å². The number of amides is 1. The van der Waals surface area contributed by atoms with Gasteiger partial charge in [-0.1, -0.05) is 37.8 Å². The number of aryl methyl sites for hydroxylation is 2. The zero-order chi connectivity index (χ0) is 18.7. The Bertz CT molecular complexity index is 791. The van der Waals surface area contributed by atoms with Gasteiger partial charge in [-0.15, -0.1) is 0 Å². The first kappa shape index (κ1) is 18.6. The number of aromatic nitrogens is 2. The van der Waals surface area contributed by atoms with Crippen molar-refractivity contribution in [1.82, 2.24) is 20.6 Å². The molecule has 1 aliphatic rings. The van der Waals surface area contributed by atoms with E-state index in [4.69, 9.17) is 0 Å². The zero-order valence-corrected chi connectivity index (χ0v) is 16.1. The van der Waals surface area contributed by atoms with Gasteiger partial charge in [0.2, 0.25) is 11.9 Å². The summed E-state index contributed by atoms with van der Waals surface area (Å²) in [5.41, 5.74) is 3.01. The third-order valence-corrected chi connectivity index (χ3v) is 5.09. The van der Waals surface area contributed by atoms with Gasteiger partial charge in [0, 0.05) is 11.4 Å². The molecule has 1 amide bonds. The maximum atomic E-state index is 12.5. The van der Waals surface area contributed by atoms with Crippen molar-refractivity contribution >= 4 is 22.8 Å². The topological polar surface area (TPSA) is 78.9 Å². The first-order chi connectivity index (χ1) is 12.5. The summed E-state index contributed by atoms with van der Waals surface area (Å²) in [7, 11) is 0. The molecule has 0 spiro atoms. The molecule has 6 nitrogen and oxygen atoms in total. The third kappa shape index (κ3) is 4.12. The van der Waals surface area contributed by atoms with E-state index < -0.39 is 0 Å². The van der Waals surface area contributed by atoms with Crippen molar-refractivity contribution < 1.29 is 4.79 Å². The van der Waals surface area contributed by atoms with Gasteiger partial charge in [0.05, 0.1) is 17.1 Å². The van der Waals surface area contributed by atoms with Crippen LogP contribution in [0.15, 0.2) is 18.2 Å². The SMILES string of the molecule is CCCCCC1C(=O)NC(Nc2nc(C)c3cc(C)ccc3n2)NC1C. The molecule has 26 heavy (non-hydrogen) atoms. The number of nitrogens with zero attached hydrogens (tertiary/aromatic N) is 2. The fourth-order valence-electron chi connectivity index (χ4n) is 3.56. The molecule has 3 unspecified atom stereocenters. The number of anilines is 1. The molecule has 0 saturated carbocycles. The smallest absolute Gasteiger partial charge is 0.227 e. The van der Waals surface area contributed by atoms with Gasteiger partial charge in [0.1, 0.15) is 0 Å². The predicted molar refractivity (Wildman–Crippen MR) is 105 cm³/mol. The first-order valence-electron chi connectivity index (χ1n) is 9.56. The van der Waals surface area contributed by atoms with E-state index in [0.717, 1.165) is 29.4 Å². The van der Waals surface area contributed by atoms with Gasteiger partial charge in [0.25, 0.3) is 0 Å². The molecular weight excluding hydrogens is 326 g/mol. The lowest BCUT2D eigenvalue weighted by atomic mass is 9.92. The minimum absolute atomic E-state index is 0.0156. The fraction of sp³-hybridized carbons (Fsp3) is 0.550. The highest BCUT2D eigenvalue weighted by molar-refractivity contribution is 5.83. The summed E-state index contributed by atoms with van der Waals surface area (Å²) in [5, 5.41) is 10.7. The fourth-order valence-corrected chi connectivity index (χ4v) is 3.56. The number of fused-ring (bicyclic) bond motifs is 1. The molecule has 1 aliphatic heterocycles. The Morgan fingerprint density at radius 1 is 1.19 bits per heavy atom. The molecule has 1 aromatic carbocycles. The maximum absolute atomic E-state index is 12.5. The highest BCUT2D eigenvalue weighted by Crippen LogP contribution is 2.21. The average Bonchev–Trinajstić information content (AvgIpc) is 2.58. The molecule has 3 N–H and O–H groups in total. The molecule has 3 atom stereocenters. The van der Waals surface area contributed by atoms with Crippen LogP contribution in [0.1, 0.15) is 50.8 Å². The van der Waals surface area contributed by atoms with Crippen LogP contribution in [0.4, 0.5) is 5.95 Å². The summed E-state index contributed by atoms with van der Waals surface area (Å²) in [6, 6.07) is 6.26. The number of rotatable bonds is 6. The average molecular weight is 355 g/mol. The lowest BCUT2D eigenvalue weighted by Crippen LogP contribution is -2.63. The Balaban J connectivity index is 1.69. The van der Waals surface area contributed by atoms with Crippen molar-refractivity contribution in [2.45, 2.75) is 65.7 Å². The summed E-state index contributed by atoms with van der Waals surface area (Å²) >= 11 is 0. The molecule has 3 rings (SSSR count). The van der Waals surface area contributed by atoms with Crippen molar-refractivity contribution in [2.75, 3.05) is 5.32 Å². The molecule has 6 heteroatoms. The summed E-state index contributed by atoms with van der Waals surface area (Å²) in [6.45, 7) is 8.29. The molecule has 1 saturated heterocycles. The van der Waals surface area contributed by atoms with E-state index in [0.29, 0.717) is 5.95 Å². The summed E-state index contributed by atoms with van der Waals surface area (Å²) < 4.78 is 0. The van der Waals surface area contributed by atoms with Crippen LogP contribution in [0.3, 0.4) is 0 Å². The van der Waals surface area contributed by atoms with Crippen molar-refractivity contribution in [3.8, 4) is 0 Å². The molecular formula is C20H29N5O. The number of nitrogens with one attached hydrogen (secondary N) is 3. The van der Waals surface area contributed by atoms with E-state index in [1.807, 2.05) is 19.1 Å². The summed E-state index contributed by atoms with van der Waals surface area (Å²) in [5.74, 6) is 0.633. The Morgan fingerprint density at radius 2 is 2.00 bits per heavy atom. The van der Waals surface area contributed by atoms with Crippen molar-refractivity contribution in [1.29, 1.82) is 0 Å². The highest BCUT2D eigenvalue weighted by Gasteiger charge is 2.33. The number of benzene rings is 1. The standard InChI is InChI=1S/C20H29N5O/c1-5-6-7-8-15-13(3)21-20(24-18(15)26)25-19-22-14(4)16-11-12(2)9-10-17(16)23-19/h9-11,13,15,20-21H,5-8H2,1-4H3,(H,24,26)(H,22,23,25). The van der Waals surface area contributed by atoms with E-state index in [-0.39, 0.29) is 24.2 Å². The van der Waals surface area contributed by atoms with Crippen LogP contribution in [0.25, 0.3) is 10.9 Å². The van der Waals surface area contributed by atoms with E-state index >= 15 is 0 Å². The van der Waals surface area contributed by atoms with Crippen molar-refractivity contribution in [3.63, 3.8) is 0 Å². The van der Waals surface area contributed by atoms with Gasteiger partial charge in [-0.25, -0.2) is 9.97 Å². The Labute approximate surface area is 155 Å². The van der Waals surface area contributed by atoms with Gasteiger partial charge in [0.15, 0.2) is 6.29 Å². The molecule has 0 aliphatic carbocycles. The molecule has 1 aromatic heterocycles. The minimum atomic E-state index is -0.359. The molecule has 140 valence electrons. The number of hydrogen-bond donors (Lipinski definition) is 3. The van der Waals surface area contributed by atoms with Crippen molar-refractivity contribution in [2.24, 2.45) is 5.92 Å². The van der Waals surface area contributed by atoms with Crippen LogP contribution >= 0.6 is 0 Å². The third-order valence-electron chi connectivity index (χ3n) is 5.09. The van der Waals surface area contributed by atoms with Crippen LogP contribution in [0, 0.1) is 19.8 Å². The van der Waals surface area contributed by atoms with Gasteiger partial charge >= 0.3 is 0 Å². The maximum Gasteiger partial charge on any atom is 0.227 e. The molecule has 0 bridgehead atoms. The van der Waals surface area contributed by atoms with Gasteiger partial charge in [-0.05, 0) is 39.3 Å². The highest BCUT2D eigenvalue weighted by atomic mass is 16.2.